The maximum absolute atomic E-state index is 10.3. The molecule has 6 heteroatoms. The van der Waals surface area contributed by atoms with Crippen LogP contribution < -0.4 is 0 Å². The van der Waals surface area contributed by atoms with E-state index in [9.17, 15) is 4.79 Å². The van der Waals surface area contributed by atoms with Gasteiger partial charge in [-0.1, -0.05) is 0 Å². The van der Waals surface area contributed by atoms with Crippen molar-refractivity contribution in [3.63, 3.8) is 0 Å². The predicted octanol–water partition coefficient (Wildman–Crippen LogP) is 0.334. The Bertz CT molecular complexity index is 327. The highest BCUT2D eigenvalue weighted by Crippen LogP contribution is 1.94. The molecule has 0 amide bonds. The molecular formula is C5H7N3O2S. The predicted molar refractivity (Wildman–Crippen MR) is 39.8 cm³/mol. The van der Waals surface area contributed by atoms with Crippen molar-refractivity contribution in [3.8, 4) is 0 Å². The molecule has 0 saturated carbocycles. The second kappa shape index (κ2) is 2.83. The zero-order chi connectivity index (χ0) is 8.43. The standard InChI is InChI=1S/C5H7N3O2S/c1-3-6-7-5(11)8(3)2-4(9)10/h2H2,1H3,(H,7,11)(H,9,10). The molecule has 1 rings (SSSR count). The second-order valence-electron chi connectivity index (χ2n) is 2.06. The third-order valence-electron chi connectivity index (χ3n) is 1.24. The van der Waals surface area contributed by atoms with Crippen molar-refractivity contribution in [2.45, 2.75) is 13.5 Å². The quantitative estimate of drug-likeness (QED) is 0.632. The Morgan fingerprint density at radius 2 is 2.55 bits per heavy atom. The number of aromatic nitrogens is 3. The normalized spacial score (nSPS) is 9.91. The van der Waals surface area contributed by atoms with Crippen molar-refractivity contribution in [1.82, 2.24) is 14.8 Å². The third kappa shape index (κ3) is 1.64. The van der Waals surface area contributed by atoms with Gasteiger partial charge >= 0.3 is 5.97 Å². The number of nitrogens with zero attached hydrogens (tertiary/aromatic N) is 2. The minimum absolute atomic E-state index is 0.138. The van der Waals surface area contributed by atoms with Crippen molar-refractivity contribution in [2.75, 3.05) is 0 Å². The second-order valence-corrected chi connectivity index (χ2v) is 2.44. The van der Waals surface area contributed by atoms with E-state index in [0.717, 1.165) is 0 Å². The largest absolute Gasteiger partial charge is 0.480 e. The zero-order valence-corrected chi connectivity index (χ0v) is 6.68. The number of hydrogen-bond donors (Lipinski definition) is 2. The monoisotopic (exact) mass is 173 g/mol. The molecule has 1 aromatic rings. The molecule has 0 aliphatic heterocycles. The molecule has 1 aromatic heterocycles. The lowest BCUT2D eigenvalue weighted by Gasteiger charge is -1.96. The number of hydrogen-bond acceptors (Lipinski definition) is 3. The van der Waals surface area contributed by atoms with Crippen molar-refractivity contribution >= 4 is 18.2 Å². The van der Waals surface area contributed by atoms with Gasteiger partial charge in [-0.05, 0) is 19.1 Å². The lowest BCUT2D eigenvalue weighted by molar-refractivity contribution is -0.137. The van der Waals surface area contributed by atoms with Crippen LogP contribution in [0, 0.1) is 11.7 Å². The molecule has 0 aliphatic rings. The number of H-pyrrole nitrogens is 1. The summed E-state index contributed by atoms with van der Waals surface area (Å²) in [6.07, 6.45) is 0. The summed E-state index contributed by atoms with van der Waals surface area (Å²) < 4.78 is 1.75. The van der Waals surface area contributed by atoms with E-state index < -0.39 is 5.97 Å². The molecule has 0 unspecified atom stereocenters. The van der Waals surface area contributed by atoms with Gasteiger partial charge in [0.2, 0.25) is 0 Å². The van der Waals surface area contributed by atoms with Crippen molar-refractivity contribution in [3.05, 3.63) is 10.6 Å². The van der Waals surface area contributed by atoms with Gasteiger partial charge in [0.25, 0.3) is 0 Å². The number of aryl methyl sites for hydroxylation is 1. The minimum atomic E-state index is -0.925. The van der Waals surface area contributed by atoms with E-state index in [2.05, 4.69) is 10.2 Å². The summed E-state index contributed by atoms with van der Waals surface area (Å²) in [5.41, 5.74) is 0. The van der Waals surface area contributed by atoms with E-state index >= 15 is 0 Å². The molecule has 0 radical (unpaired) electrons. The number of aromatic amines is 1. The summed E-state index contributed by atoms with van der Waals surface area (Å²) >= 11 is 4.77. The van der Waals surface area contributed by atoms with Gasteiger partial charge in [0.15, 0.2) is 4.77 Å². The first kappa shape index (κ1) is 7.93. The third-order valence-corrected chi connectivity index (χ3v) is 1.55. The van der Waals surface area contributed by atoms with Crippen LogP contribution in [0.15, 0.2) is 0 Å². The van der Waals surface area contributed by atoms with Crippen LogP contribution in [0.3, 0.4) is 0 Å². The smallest absolute Gasteiger partial charge is 0.323 e. The Morgan fingerprint density at radius 3 is 2.91 bits per heavy atom. The van der Waals surface area contributed by atoms with Gasteiger partial charge in [-0.25, -0.2) is 0 Å². The van der Waals surface area contributed by atoms with Crippen LogP contribution >= 0.6 is 12.2 Å². The van der Waals surface area contributed by atoms with Crippen molar-refractivity contribution < 1.29 is 9.90 Å². The summed E-state index contributed by atoms with van der Waals surface area (Å²) in [5, 5.41) is 14.7. The maximum atomic E-state index is 10.3. The van der Waals surface area contributed by atoms with Gasteiger partial charge in [-0.2, -0.15) is 5.10 Å². The fourth-order valence-corrected chi connectivity index (χ4v) is 0.960. The average Bonchev–Trinajstić information content (AvgIpc) is 2.18. The van der Waals surface area contributed by atoms with Crippen LogP contribution in [0.5, 0.6) is 0 Å². The van der Waals surface area contributed by atoms with E-state index in [1.54, 1.807) is 6.92 Å². The van der Waals surface area contributed by atoms with Crippen LogP contribution in [0.2, 0.25) is 0 Å². The van der Waals surface area contributed by atoms with Crippen LogP contribution in [0.4, 0.5) is 0 Å². The molecule has 0 aromatic carbocycles. The summed E-state index contributed by atoms with van der Waals surface area (Å²) in [4.78, 5) is 10.3. The Morgan fingerprint density at radius 1 is 1.91 bits per heavy atom. The molecule has 60 valence electrons. The Balaban J connectivity index is 3.01. The minimum Gasteiger partial charge on any atom is -0.480 e. The highest BCUT2D eigenvalue weighted by atomic mass is 32.1. The van der Waals surface area contributed by atoms with Gasteiger partial charge < -0.3 is 5.11 Å². The molecule has 0 fully saturated rings. The van der Waals surface area contributed by atoms with Crippen LogP contribution in [-0.4, -0.2) is 25.8 Å². The first-order chi connectivity index (χ1) is 5.11. The lowest BCUT2D eigenvalue weighted by Crippen LogP contribution is -2.10. The molecule has 0 bridgehead atoms. The molecule has 11 heavy (non-hydrogen) atoms. The molecule has 0 saturated heterocycles. The summed E-state index contributed by atoms with van der Waals surface area (Å²) in [6.45, 7) is 1.55. The Labute approximate surface area is 67.7 Å². The van der Waals surface area contributed by atoms with Gasteiger partial charge in [0, 0.05) is 0 Å². The number of carbonyl (C=O) groups is 1. The maximum Gasteiger partial charge on any atom is 0.323 e. The Hall–Kier alpha value is -1.17. The number of aliphatic carboxylic acids is 1. The first-order valence-corrected chi connectivity index (χ1v) is 3.35. The number of carboxylic acid groups (broad SMARTS) is 1. The number of nitrogens with one attached hydrogen (secondary N) is 1. The molecule has 1 heterocycles. The summed E-state index contributed by atoms with van der Waals surface area (Å²) in [5.74, 6) is -0.344. The summed E-state index contributed by atoms with van der Waals surface area (Å²) in [6, 6.07) is 0. The van der Waals surface area contributed by atoms with Crippen LogP contribution in [-0.2, 0) is 11.3 Å². The fourth-order valence-electron chi connectivity index (χ4n) is 0.718. The average molecular weight is 173 g/mol. The van der Waals surface area contributed by atoms with Gasteiger partial charge in [0.05, 0.1) is 0 Å². The van der Waals surface area contributed by atoms with Crippen LogP contribution in [0.1, 0.15) is 5.82 Å². The molecular weight excluding hydrogens is 166 g/mol. The van der Waals surface area contributed by atoms with E-state index in [-0.39, 0.29) is 6.54 Å². The van der Waals surface area contributed by atoms with Gasteiger partial charge in [-0.15, -0.1) is 0 Å². The first-order valence-electron chi connectivity index (χ1n) is 2.95. The lowest BCUT2D eigenvalue weighted by atomic mass is 10.6. The molecule has 5 nitrogen and oxygen atoms in total. The number of carboxylic acids is 1. The van der Waals surface area contributed by atoms with Crippen LogP contribution in [0.25, 0.3) is 0 Å². The molecule has 2 N–H and O–H groups in total. The highest BCUT2D eigenvalue weighted by Gasteiger charge is 2.03. The van der Waals surface area contributed by atoms with E-state index in [1.165, 1.54) is 4.57 Å². The van der Waals surface area contributed by atoms with Gasteiger partial charge in [-0.3, -0.25) is 14.5 Å². The van der Waals surface area contributed by atoms with E-state index in [1.807, 2.05) is 0 Å². The zero-order valence-electron chi connectivity index (χ0n) is 5.87. The highest BCUT2D eigenvalue weighted by molar-refractivity contribution is 7.71. The topological polar surface area (TPSA) is 70.9 Å². The Kier molecular flexibility index (Phi) is 2.04. The van der Waals surface area contributed by atoms with E-state index in [0.29, 0.717) is 10.6 Å². The molecule has 0 aliphatic carbocycles. The number of rotatable bonds is 2. The van der Waals surface area contributed by atoms with Crippen molar-refractivity contribution in [2.24, 2.45) is 0 Å². The molecule has 0 spiro atoms. The molecule has 0 atom stereocenters. The summed E-state index contributed by atoms with van der Waals surface area (Å²) in [7, 11) is 0. The van der Waals surface area contributed by atoms with E-state index in [4.69, 9.17) is 17.3 Å². The van der Waals surface area contributed by atoms with Crippen molar-refractivity contribution in [1.29, 1.82) is 0 Å². The van der Waals surface area contributed by atoms with Gasteiger partial charge in [0.1, 0.15) is 12.4 Å². The SMILES string of the molecule is Cc1n[nH]c(=S)n1CC(=O)O. The fraction of sp³-hybridized carbons (Fsp3) is 0.400.